The van der Waals surface area contributed by atoms with Gasteiger partial charge in [-0.15, -0.1) is 0 Å². The monoisotopic (exact) mass is 349 g/mol. The number of carbonyl (C=O) groups excluding carboxylic acids is 2. The van der Waals surface area contributed by atoms with Gasteiger partial charge in [-0.2, -0.15) is 0 Å². The first-order chi connectivity index (χ1) is 12.6. The maximum Gasteiger partial charge on any atom is 0.231 e. The normalized spacial score (nSPS) is 14.3. The van der Waals surface area contributed by atoms with Crippen molar-refractivity contribution in [2.45, 2.75) is 0 Å². The van der Waals surface area contributed by atoms with Crippen LogP contribution in [0.15, 0.2) is 42.5 Å². The molecule has 2 aliphatic rings. The summed E-state index contributed by atoms with van der Waals surface area (Å²) in [4.78, 5) is 25.6. The molecule has 0 unspecified atom stereocenters. The Morgan fingerprint density at radius 1 is 0.808 bits per heavy atom. The highest BCUT2D eigenvalue weighted by atomic mass is 16.7. The van der Waals surface area contributed by atoms with Crippen molar-refractivity contribution in [2.75, 3.05) is 6.79 Å². The highest BCUT2D eigenvalue weighted by Gasteiger charge is 2.39. The molecule has 2 heterocycles. The molecule has 0 radical (unpaired) electrons. The van der Waals surface area contributed by atoms with Crippen molar-refractivity contribution in [1.29, 1.82) is 0 Å². The van der Waals surface area contributed by atoms with Gasteiger partial charge in [0, 0.05) is 17.2 Å². The highest BCUT2D eigenvalue weighted by molar-refractivity contribution is 6.30. The molecule has 2 N–H and O–H groups in total. The van der Waals surface area contributed by atoms with Crippen LogP contribution in [0.2, 0.25) is 0 Å². The van der Waals surface area contributed by atoms with E-state index in [1.807, 2.05) is 0 Å². The topological polar surface area (TPSA) is 98.0 Å². The van der Waals surface area contributed by atoms with E-state index in [1.54, 1.807) is 30.3 Å². The van der Waals surface area contributed by atoms with E-state index in [9.17, 15) is 19.8 Å². The minimum Gasteiger partial charge on any atom is -0.494 e. The first-order valence-corrected chi connectivity index (χ1v) is 7.83. The molecule has 3 aromatic rings. The summed E-state index contributed by atoms with van der Waals surface area (Å²) in [7, 11) is 0. The van der Waals surface area contributed by atoms with Gasteiger partial charge in [-0.25, -0.2) is 0 Å². The number of hydrogen-bond donors (Lipinski definition) is 2. The number of carbonyl (C=O) groups is 2. The molecular weight excluding hydrogens is 338 g/mol. The molecule has 0 saturated heterocycles. The summed E-state index contributed by atoms with van der Waals surface area (Å²) in [6.45, 7) is 0.0746. The van der Waals surface area contributed by atoms with Gasteiger partial charge < -0.3 is 19.7 Å². The van der Waals surface area contributed by atoms with Gasteiger partial charge >= 0.3 is 0 Å². The van der Waals surface area contributed by atoms with Crippen LogP contribution in [0.1, 0.15) is 31.8 Å². The Labute approximate surface area is 146 Å². The molecule has 0 fully saturated rings. The van der Waals surface area contributed by atoms with E-state index in [4.69, 9.17) is 9.47 Å². The van der Waals surface area contributed by atoms with Crippen LogP contribution in [-0.4, -0.2) is 33.1 Å². The van der Waals surface area contributed by atoms with Gasteiger partial charge in [0.05, 0.1) is 16.8 Å². The zero-order chi connectivity index (χ0) is 18.0. The van der Waals surface area contributed by atoms with E-state index in [-0.39, 0.29) is 29.0 Å². The maximum absolute atomic E-state index is 12.8. The maximum atomic E-state index is 12.8. The third-order valence-electron chi connectivity index (χ3n) is 4.61. The van der Waals surface area contributed by atoms with Crippen molar-refractivity contribution in [3.05, 3.63) is 64.7 Å². The van der Waals surface area contributed by atoms with Gasteiger partial charge in [0.1, 0.15) is 0 Å². The zero-order valence-corrected chi connectivity index (χ0v) is 13.2. The van der Waals surface area contributed by atoms with Crippen molar-refractivity contribution >= 4 is 11.6 Å². The van der Waals surface area contributed by atoms with Crippen LogP contribution in [0.4, 0.5) is 0 Å². The van der Waals surface area contributed by atoms with Crippen LogP contribution in [0.5, 0.6) is 23.3 Å². The van der Waals surface area contributed by atoms with Crippen LogP contribution in [0, 0.1) is 0 Å². The van der Waals surface area contributed by atoms with Crippen LogP contribution in [0.25, 0.3) is 5.69 Å². The SMILES string of the molecule is O=C1c2ccccc2C(=O)c2c1c(O)n(-c1ccc3c(c1)OCO3)c2O. The average Bonchev–Trinajstić information content (AvgIpc) is 3.21. The lowest BCUT2D eigenvalue weighted by molar-refractivity contribution is 0.0976. The quantitative estimate of drug-likeness (QED) is 0.548. The van der Waals surface area contributed by atoms with Crippen molar-refractivity contribution in [1.82, 2.24) is 4.57 Å². The van der Waals surface area contributed by atoms with Gasteiger partial charge in [0.2, 0.25) is 18.6 Å². The number of hydrogen-bond acceptors (Lipinski definition) is 6. The summed E-state index contributed by atoms with van der Waals surface area (Å²) in [5, 5.41) is 21.3. The predicted molar refractivity (Wildman–Crippen MR) is 88.5 cm³/mol. The Hall–Kier alpha value is -3.74. The molecule has 0 saturated carbocycles. The number of ketones is 2. The smallest absolute Gasteiger partial charge is 0.231 e. The van der Waals surface area contributed by atoms with Gasteiger partial charge in [0.25, 0.3) is 0 Å². The van der Waals surface area contributed by atoms with Gasteiger partial charge in [-0.05, 0) is 12.1 Å². The molecule has 1 aromatic heterocycles. The zero-order valence-electron chi connectivity index (χ0n) is 13.2. The second-order valence-electron chi connectivity index (χ2n) is 5.97. The molecule has 5 rings (SSSR count). The lowest BCUT2D eigenvalue weighted by atomic mass is 9.86. The molecule has 26 heavy (non-hydrogen) atoms. The largest absolute Gasteiger partial charge is 0.494 e. The van der Waals surface area contributed by atoms with Crippen molar-refractivity contribution in [3.63, 3.8) is 0 Å². The Kier molecular flexibility index (Phi) is 2.74. The Morgan fingerprint density at radius 2 is 1.38 bits per heavy atom. The summed E-state index contributed by atoms with van der Waals surface area (Å²) < 4.78 is 11.6. The first-order valence-electron chi connectivity index (χ1n) is 7.83. The summed E-state index contributed by atoms with van der Waals surface area (Å²) >= 11 is 0. The van der Waals surface area contributed by atoms with Gasteiger partial charge in [-0.3, -0.25) is 14.2 Å². The third kappa shape index (κ3) is 1.71. The summed E-state index contributed by atoms with van der Waals surface area (Å²) in [5.41, 5.74) is 0.322. The number of aromatic nitrogens is 1. The molecule has 0 spiro atoms. The average molecular weight is 349 g/mol. The Bertz CT molecular complexity index is 1070. The minimum atomic E-state index is -0.512. The number of benzene rings is 2. The van der Waals surface area contributed by atoms with E-state index in [1.165, 1.54) is 12.1 Å². The standard InChI is InChI=1S/C19H11NO6/c21-16-10-3-1-2-4-11(10)17(22)15-14(16)18(23)20(19(15)24)9-5-6-12-13(7-9)26-8-25-12/h1-7,23-24H,8H2. The van der Waals surface area contributed by atoms with Gasteiger partial charge in [-0.1, -0.05) is 24.3 Å². The number of aromatic hydroxyl groups is 2. The molecule has 1 aliphatic heterocycles. The first kappa shape index (κ1) is 14.6. The molecule has 0 amide bonds. The van der Waals surface area contributed by atoms with E-state index in [0.717, 1.165) is 4.57 Å². The van der Waals surface area contributed by atoms with E-state index in [2.05, 4.69) is 0 Å². The Morgan fingerprint density at radius 3 is 2.00 bits per heavy atom. The van der Waals surface area contributed by atoms with Crippen molar-refractivity contribution < 1.29 is 29.3 Å². The molecule has 1 aliphatic carbocycles. The highest BCUT2D eigenvalue weighted by Crippen LogP contribution is 2.44. The molecule has 0 atom stereocenters. The fourth-order valence-electron chi connectivity index (χ4n) is 3.40. The molecular formula is C19H11NO6. The summed E-state index contributed by atoms with van der Waals surface area (Å²) in [6, 6.07) is 11.1. The summed E-state index contributed by atoms with van der Waals surface area (Å²) in [5.74, 6) is -1.04. The van der Waals surface area contributed by atoms with Crippen LogP contribution < -0.4 is 9.47 Å². The van der Waals surface area contributed by atoms with Crippen LogP contribution in [-0.2, 0) is 0 Å². The summed E-state index contributed by atoms with van der Waals surface area (Å²) in [6.07, 6.45) is 0. The van der Waals surface area contributed by atoms with E-state index in [0.29, 0.717) is 17.2 Å². The molecule has 2 aromatic carbocycles. The third-order valence-corrected chi connectivity index (χ3v) is 4.61. The van der Waals surface area contributed by atoms with Gasteiger partial charge in [0.15, 0.2) is 23.1 Å². The number of rotatable bonds is 1. The number of nitrogens with zero attached hydrogens (tertiary/aromatic N) is 1. The minimum absolute atomic E-state index is 0.0746. The lowest BCUT2D eigenvalue weighted by Crippen LogP contribution is -2.19. The Balaban J connectivity index is 1.76. The van der Waals surface area contributed by atoms with Crippen LogP contribution in [0.3, 0.4) is 0 Å². The van der Waals surface area contributed by atoms with E-state index < -0.39 is 23.3 Å². The molecule has 0 bridgehead atoms. The molecule has 128 valence electrons. The predicted octanol–water partition coefficient (Wildman–Crippen LogP) is 2.39. The number of fused-ring (bicyclic) bond motifs is 3. The van der Waals surface area contributed by atoms with Crippen molar-refractivity contribution in [2.24, 2.45) is 0 Å². The number of ether oxygens (including phenoxy) is 2. The second-order valence-corrected chi connectivity index (χ2v) is 5.97. The van der Waals surface area contributed by atoms with E-state index >= 15 is 0 Å². The fourth-order valence-corrected chi connectivity index (χ4v) is 3.40. The van der Waals surface area contributed by atoms with Crippen molar-refractivity contribution in [3.8, 4) is 28.9 Å². The molecule has 7 nitrogen and oxygen atoms in total. The van der Waals surface area contributed by atoms with Crippen LogP contribution >= 0.6 is 0 Å². The lowest BCUT2D eigenvalue weighted by Gasteiger charge is -2.13. The second kappa shape index (κ2) is 4.89. The molecule has 7 heteroatoms. The fraction of sp³-hybridized carbons (Fsp3) is 0.0526.